The van der Waals surface area contributed by atoms with Crippen molar-refractivity contribution in [1.29, 1.82) is 0 Å². The first kappa shape index (κ1) is 13.3. The molecule has 0 amide bonds. The Morgan fingerprint density at radius 3 is 2.93 bits per heavy atom. The van der Waals surface area contributed by atoms with Gasteiger partial charge in [0.15, 0.2) is 12.0 Å². The largest absolute Gasteiger partial charge is 0.477 e. The SMILES string of the molecule is C#CCNC(N)=NCCC[C@H]([NH3+])C(=O)O. The number of guanidine groups is 1. The molecule has 0 aromatic carbocycles. The van der Waals surface area contributed by atoms with E-state index in [2.05, 4.69) is 22.0 Å². The van der Waals surface area contributed by atoms with Crippen molar-refractivity contribution in [1.82, 2.24) is 5.32 Å². The molecule has 0 aromatic heterocycles. The van der Waals surface area contributed by atoms with Crippen LogP contribution in [-0.2, 0) is 4.79 Å². The monoisotopic (exact) mass is 213 g/mol. The van der Waals surface area contributed by atoms with Crippen molar-refractivity contribution < 1.29 is 15.6 Å². The number of carboxylic acid groups (broad SMARTS) is 1. The van der Waals surface area contributed by atoms with E-state index in [1.807, 2.05) is 0 Å². The van der Waals surface area contributed by atoms with Crippen LogP contribution < -0.4 is 16.8 Å². The number of terminal acetylenes is 1. The Bertz CT molecular complexity index is 270. The summed E-state index contributed by atoms with van der Waals surface area (Å²) in [7, 11) is 0. The average molecular weight is 213 g/mol. The summed E-state index contributed by atoms with van der Waals surface area (Å²) in [5.41, 5.74) is 8.93. The van der Waals surface area contributed by atoms with Crippen molar-refractivity contribution in [3.8, 4) is 12.3 Å². The zero-order valence-electron chi connectivity index (χ0n) is 8.57. The van der Waals surface area contributed by atoms with Crippen LogP contribution in [0.5, 0.6) is 0 Å². The summed E-state index contributed by atoms with van der Waals surface area (Å²) in [5, 5.41) is 11.3. The van der Waals surface area contributed by atoms with E-state index in [4.69, 9.17) is 17.3 Å². The summed E-state index contributed by atoms with van der Waals surface area (Å²) in [6, 6.07) is -0.583. The van der Waals surface area contributed by atoms with E-state index >= 15 is 0 Å². The third kappa shape index (κ3) is 7.34. The number of carbonyl (C=O) groups is 1. The van der Waals surface area contributed by atoms with Crippen molar-refractivity contribution in [2.75, 3.05) is 13.1 Å². The van der Waals surface area contributed by atoms with Gasteiger partial charge in [-0.05, 0) is 6.42 Å². The molecule has 0 rings (SSSR count). The molecule has 0 spiro atoms. The second kappa shape index (κ2) is 7.64. The maximum absolute atomic E-state index is 10.4. The number of hydrogen-bond acceptors (Lipinski definition) is 2. The highest BCUT2D eigenvalue weighted by molar-refractivity contribution is 5.78. The minimum atomic E-state index is -0.891. The molecule has 0 aliphatic rings. The van der Waals surface area contributed by atoms with Crippen LogP contribution in [0.15, 0.2) is 4.99 Å². The van der Waals surface area contributed by atoms with E-state index in [1.165, 1.54) is 0 Å². The summed E-state index contributed by atoms with van der Waals surface area (Å²) >= 11 is 0. The Hall–Kier alpha value is -1.74. The number of quaternary nitrogens is 1. The zero-order valence-corrected chi connectivity index (χ0v) is 8.57. The number of nitrogens with zero attached hydrogens (tertiary/aromatic N) is 1. The molecule has 0 heterocycles. The van der Waals surface area contributed by atoms with Gasteiger partial charge in [-0.15, -0.1) is 6.42 Å². The molecule has 0 fully saturated rings. The standard InChI is InChI=1S/C9H16N4O2/c1-2-5-12-9(11)13-6-3-4-7(10)8(14)15/h1,7H,3-6,10H2,(H,14,15)(H3,11,12,13)/p+1/t7-/m0/s1. The first-order valence-electron chi connectivity index (χ1n) is 4.61. The summed E-state index contributed by atoms with van der Waals surface area (Å²) in [6.07, 6.45) is 6.13. The van der Waals surface area contributed by atoms with Gasteiger partial charge in [0.1, 0.15) is 0 Å². The van der Waals surface area contributed by atoms with Gasteiger partial charge < -0.3 is 21.9 Å². The molecule has 6 nitrogen and oxygen atoms in total. The number of carboxylic acids is 1. The average Bonchev–Trinajstić information content (AvgIpc) is 2.20. The zero-order chi connectivity index (χ0) is 11.7. The number of rotatable bonds is 6. The van der Waals surface area contributed by atoms with Crippen LogP contribution in [0.25, 0.3) is 0 Å². The minimum absolute atomic E-state index is 0.281. The van der Waals surface area contributed by atoms with E-state index in [0.717, 1.165) is 0 Å². The van der Waals surface area contributed by atoms with Crippen LogP contribution in [0.2, 0.25) is 0 Å². The summed E-state index contributed by atoms with van der Waals surface area (Å²) in [4.78, 5) is 14.4. The first-order chi connectivity index (χ1) is 7.07. The number of hydrogen-bond donors (Lipinski definition) is 4. The normalized spacial score (nSPS) is 12.9. The van der Waals surface area contributed by atoms with Gasteiger partial charge in [-0.3, -0.25) is 4.99 Å². The molecule has 0 aliphatic carbocycles. The summed E-state index contributed by atoms with van der Waals surface area (Å²) < 4.78 is 0. The lowest BCUT2D eigenvalue weighted by atomic mass is 10.2. The van der Waals surface area contributed by atoms with Crippen LogP contribution in [0.4, 0.5) is 0 Å². The highest BCUT2D eigenvalue weighted by Gasteiger charge is 2.13. The second-order valence-electron chi connectivity index (χ2n) is 3.00. The fourth-order valence-electron chi connectivity index (χ4n) is 0.858. The highest BCUT2D eigenvalue weighted by Crippen LogP contribution is 1.93. The number of nitrogens with two attached hydrogens (primary N) is 1. The predicted molar refractivity (Wildman–Crippen MR) is 56.9 cm³/mol. The Balaban J connectivity index is 3.61. The van der Waals surface area contributed by atoms with E-state index < -0.39 is 12.0 Å². The molecule has 0 saturated carbocycles. The molecule has 0 aliphatic heterocycles. The topological polar surface area (TPSA) is 115 Å². The van der Waals surface area contributed by atoms with Crippen molar-refractivity contribution in [3.05, 3.63) is 0 Å². The first-order valence-corrected chi connectivity index (χ1v) is 4.61. The Labute approximate surface area is 88.7 Å². The number of nitrogens with one attached hydrogen (secondary N) is 1. The summed E-state index contributed by atoms with van der Waals surface area (Å²) in [6.45, 7) is 0.811. The van der Waals surface area contributed by atoms with E-state index in [9.17, 15) is 4.79 Å². The maximum atomic E-state index is 10.4. The molecular formula is C9H17N4O2+. The molecule has 84 valence electrons. The van der Waals surface area contributed by atoms with Crippen LogP contribution in [-0.4, -0.2) is 36.2 Å². The lowest BCUT2D eigenvalue weighted by Gasteiger charge is -2.02. The van der Waals surface area contributed by atoms with E-state index in [0.29, 0.717) is 25.9 Å². The van der Waals surface area contributed by atoms with E-state index in [1.54, 1.807) is 0 Å². The number of aliphatic carboxylic acids is 1. The molecule has 1 atom stereocenters. The summed E-state index contributed by atoms with van der Waals surface area (Å²) in [5.74, 6) is 1.75. The van der Waals surface area contributed by atoms with Gasteiger partial charge in [-0.1, -0.05) is 5.92 Å². The molecule has 0 bridgehead atoms. The third-order valence-electron chi connectivity index (χ3n) is 1.71. The van der Waals surface area contributed by atoms with Gasteiger partial charge in [-0.25, -0.2) is 4.79 Å². The quantitative estimate of drug-likeness (QED) is 0.177. The molecule has 6 heteroatoms. The molecule has 15 heavy (non-hydrogen) atoms. The van der Waals surface area contributed by atoms with Crippen molar-refractivity contribution in [3.63, 3.8) is 0 Å². The van der Waals surface area contributed by atoms with Crippen molar-refractivity contribution >= 4 is 11.9 Å². The fraction of sp³-hybridized carbons (Fsp3) is 0.556. The van der Waals surface area contributed by atoms with E-state index in [-0.39, 0.29) is 5.96 Å². The molecule has 0 radical (unpaired) electrons. The van der Waals surface area contributed by atoms with Crippen LogP contribution >= 0.6 is 0 Å². The smallest absolute Gasteiger partial charge is 0.362 e. The molecule has 0 saturated heterocycles. The number of aliphatic imine (C=N–C) groups is 1. The lowest BCUT2D eigenvalue weighted by molar-refractivity contribution is -0.409. The van der Waals surface area contributed by atoms with Gasteiger partial charge in [0.25, 0.3) is 0 Å². The predicted octanol–water partition coefficient (Wildman–Crippen LogP) is -2.00. The lowest BCUT2D eigenvalue weighted by Crippen LogP contribution is -2.64. The van der Waals surface area contributed by atoms with Gasteiger partial charge in [-0.2, -0.15) is 0 Å². The van der Waals surface area contributed by atoms with Gasteiger partial charge in [0.05, 0.1) is 6.54 Å². The van der Waals surface area contributed by atoms with Crippen molar-refractivity contribution in [2.24, 2.45) is 10.7 Å². The third-order valence-corrected chi connectivity index (χ3v) is 1.71. The molecular weight excluding hydrogens is 196 g/mol. The molecule has 0 unspecified atom stereocenters. The maximum Gasteiger partial charge on any atom is 0.362 e. The van der Waals surface area contributed by atoms with Gasteiger partial charge in [0.2, 0.25) is 0 Å². The minimum Gasteiger partial charge on any atom is -0.477 e. The highest BCUT2D eigenvalue weighted by atomic mass is 16.4. The fourth-order valence-corrected chi connectivity index (χ4v) is 0.858. The van der Waals surface area contributed by atoms with Gasteiger partial charge in [0, 0.05) is 13.0 Å². The Kier molecular flexibility index (Phi) is 6.76. The van der Waals surface area contributed by atoms with Crippen molar-refractivity contribution in [2.45, 2.75) is 18.9 Å². The van der Waals surface area contributed by atoms with Gasteiger partial charge >= 0.3 is 5.97 Å². The van der Waals surface area contributed by atoms with Crippen LogP contribution in [0, 0.1) is 12.3 Å². The van der Waals surface area contributed by atoms with Crippen LogP contribution in [0.1, 0.15) is 12.8 Å². The second-order valence-corrected chi connectivity index (χ2v) is 3.00. The molecule has 0 aromatic rings. The Morgan fingerprint density at radius 1 is 1.73 bits per heavy atom. The van der Waals surface area contributed by atoms with Crippen LogP contribution in [0.3, 0.4) is 0 Å². The molecule has 7 N–H and O–H groups in total. The Morgan fingerprint density at radius 2 is 2.40 bits per heavy atom.